The Labute approximate surface area is 291 Å². The van der Waals surface area contributed by atoms with Gasteiger partial charge in [0.05, 0.1) is 24.2 Å². The normalized spacial score (nSPS) is 23.4. The van der Waals surface area contributed by atoms with Crippen LogP contribution in [0.15, 0.2) is 66.7 Å². The standard InChI is InChI=1S/C40H52N6O3/c1-4-35-40(48)43(2)36-21-17-30(27-37(36)46(35)33-12-8-9-13-33)41-34-20-14-28(26-38(34)49-3)39(47)42-29-15-18-32(19-16-29)45-24-22-44(23-25-45)31-10-6-5-7-11-31/h5-7,10-11,14,17,20-21,26-27,29,32-33,35,41H,4,8-9,12-13,15-16,18-19,22-25H2,1-3H3,(H,42,47)/t29?,32?,35-/m1/s1. The zero-order valence-corrected chi connectivity index (χ0v) is 29.4. The highest BCUT2D eigenvalue weighted by Crippen LogP contribution is 2.43. The lowest BCUT2D eigenvalue weighted by Gasteiger charge is -2.45. The Balaban J connectivity index is 0.966. The maximum atomic E-state index is 13.4. The minimum Gasteiger partial charge on any atom is -0.495 e. The van der Waals surface area contributed by atoms with Crippen LogP contribution >= 0.6 is 0 Å². The number of benzene rings is 3. The maximum Gasteiger partial charge on any atom is 0.251 e. The van der Waals surface area contributed by atoms with Gasteiger partial charge >= 0.3 is 0 Å². The minimum atomic E-state index is -0.145. The quantitative estimate of drug-likeness (QED) is 0.260. The maximum absolute atomic E-state index is 13.4. The topological polar surface area (TPSA) is 80.4 Å². The van der Waals surface area contributed by atoms with Crippen LogP contribution in [0, 0.1) is 0 Å². The molecule has 2 amide bonds. The van der Waals surface area contributed by atoms with E-state index < -0.39 is 0 Å². The number of nitrogens with one attached hydrogen (secondary N) is 2. The fraction of sp³-hybridized carbons (Fsp3) is 0.500. The van der Waals surface area contributed by atoms with Crippen molar-refractivity contribution in [2.24, 2.45) is 0 Å². The molecular formula is C40H52N6O3. The molecule has 260 valence electrons. The number of methoxy groups -OCH3 is 1. The second-order valence-electron chi connectivity index (χ2n) is 14.2. The lowest BCUT2D eigenvalue weighted by atomic mass is 9.89. The van der Waals surface area contributed by atoms with Crippen molar-refractivity contribution in [3.8, 4) is 5.75 Å². The van der Waals surface area contributed by atoms with Crippen molar-refractivity contribution in [1.82, 2.24) is 10.2 Å². The van der Waals surface area contributed by atoms with E-state index in [0.29, 0.717) is 23.4 Å². The Kier molecular flexibility index (Phi) is 9.98. The number of fused-ring (bicyclic) bond motifs is 1. The number of ether oxygens (including phenoxy) is 1. The molecule has 0 unspecified atom stereocenters. The minimum absolute atomic E-state index is 0.0518. The van der Waals surface area contributed by atoms with Crippen LogP contribution in [0.4, 0.5) is 28.4 Å². The van der Waals surface area contributed by atoms with Crippen LogP contribution in [0.1, 0.15) is 75.1 Å². The van der Waals surface area contributed by atoms with E-state index in [1.165, 1.54) is 18.5 Å². The summed E-state index contributed by atoms with van der Waals surface area (Å²) in [6.07, 6.45) is 9.67. The number of para-hydroxylation sites is 1. The Morgan fingerprint density at radius 1 is 0.837 bits per heavy atom. The zero-order chi connectivity index (χ0) is 33.9. The molecular weight excluding hydrogens is 612 g/mol. The molecule has 0 spiro atoms. The van der Waals surface area contributed by atoms with Gasteiger partial charge in [-0.25, -0.2) is 0 Å². The van der Waals surface area contributed by atoms with E-state index in [1.807, 2.05) is 42.3 Å². The molecule has 2 aliphatic carbocycles. The molecule has 49 heavy (non-hydrogen) atoms. The summed E-state index contributed by atoms with van der Waals surface area (Å²) in [5.74, 6) is 0.739. The van der Waals surface area contributed by atoms with Crippen LogP contribution in [-0.2, 0) is 4.79 Å². The molecule has 0 bridgehead atoms. The van der Waals surface area contributed by atoms with Crippen molar-refractivity contribution in [3.63, 3.8) is 0 Å². The molecule has 1 atom stereocenters. The summed E-state index contributed by atoms with van der Waals surface area (Å²) in [4.78, 5) is 36.0. The molecule has 0 radical (unpaired) electrons. The van der Waals surface area contributed by atoms with Crippen molar-refractivity contribution in [2.45, 2.75) is 88.9 Å². The highest BCUT2D eigenvalue weighted by molar-refractivity contribution is 6.06. The van der Waals surface area contributed by atoms with Gasteiger partial charge in [0, 0.05) is 68.3 Å². The summed E-state index contributed by atoms with van der Waals surface area (Å²) in [6, 6.07) is 23.6. The summed E-state index contributed by atoms with van der Waals surface area (Å²) < 4.78 is 5.78. The number of likely N-dealkylation sites (N-methyl/N-ethyl adjacent to an activating group) is 1. The van der Waals surface area contributed by atoms with Gasteiger partial charge in [0.2, 0.25) is 5.91 Å². The first kappa shape index (κ1) is 33.3. The molecule has 0 aromatic heterocycles. The fourth-order valence-corrected chi connectivity index (χ4v) is 8.66. The molecule has 2 aliphatic heterocycles. The molecule has 2 heterocycles. The monoisotopic (exact) mass is 664 g/mol. The van der Waals surface area contributed by atoms with Gasteiger partial charge in [0.25, 0.3) is 5.91 Å². The van der Waals surface area contributed by atoms with E-state index in [0.717, 1.165) is 93.9 Å². The molecule has 3 aromatic carbocycles. The van der Waals surface area contributed by atoms with E-state index in [2.05, 4.69) is 68.7 Å². The van der Waals surface area contributed by atoms with Crippen molar-refractivity contribution in [3.05, 3.63) is 72.3 Å². The average Bonchev–Trinajstić information content (AvgIpc) is 3.68. The van der Waals surface area contributed by atoms with E-state index in [-0.39, 0.29) is 23.9 Å². The van der Waals surface area contributed by atoms with Gasteiger partial charge in [-0.3, -0.25) is 14.5 Å². The highest BCUT2D eigenvalue weighted by Gasteiger charge is 2.40. The van der Waals surface area contributed by atoms with Crippen molar-refractivity contribution in [2.75, 3.05) is 60.4 Å². The number of piperazine rings is 1. The molecule has 3 aromatic rings. The smallest absolute Gasteiger partial charge is 0.251 e. The van der Waals surface area contributed by atoms with Crippen LogP contribution in [0.25, 0.3) is 0 Å². The predicted molar refractivity (Wildman–Crippen MR) is 199 cm³/mol. The van der Waals surface area contributed by atoms with Crippen molar-refractivity contribution >= 4 is 40.3 Å². The van der Waals surface area contributed by atoms with Crippen LogP contribution in [-0.4, -0.2) is 81.2 Å². The number of amides is 2. The summed E-state index contributed by atoms with van der Waals surface area (Å²) in [5, 5.41) is 6.86. The largest absolute Gasteiger partial charge is 0.495 e. The number of hydrogen-bond donors (Lipinski definition) is 2. The molecule has 4 aliphatic rings. The van der Waals surface area contributed by atoms with Gasteiger partial charge in [0.15, 0.2) is 0 Å². The third kappa shape index (κ3) is 6.95. The number of rotatable bonds is 9. The van der Waals surface area contributed by atoms with Gasteiger partial charge in [-0.1, -0.05) is 38.0 Å². The van der Waals surface area contributed by atoms with E-state index in [9.17, 15) is 9.59 Å². The number of carbonyl (C=O) groups is 2. The molecule has 9 nitrogen and oxygen atoms in total. The molecule has 7 rings (SSSR count). The first-order chi connectivity index (χ1) is 23.9. The van der Waals surface area contributed by atoms with E-state index >= 15 is 0 Å². The predicted octanol–water partition coefficient (Wildman–Crippen LogP) is 6.81. The van der Waals surface area contributed by atoms with Gasteiger partial charge in [0.1, 0.15) is 11.8 Å². The first-order valence-electron chi connectivity index (χ1n) is 18.4. The third-order valence-corrected chi connectivity index (χ3v) is 11.4. The summed E-state index contributed by atoms with van der Waals surface area (Å²) in [5.41, 5.74) is 5.69. The number of nitrogens with zero attached hydrogens (tertiary/aromatic N) is 4. The van der Waals surface area contributed by atoms with Crippen LogP contribution < -0.4 is 30.1 Å². The van der Waals surface area contributed by atoms with Crippen molar-refractivity contribution in [1.29, 1.82) is 0 Å². The lowest BCUT2D eigenvalue weighted by Crippen LogP contribution is -2.55. The average molecular weight is 665 g/mol. The van der Waals surface area contributed by atoms with Gasteiger partial charge in [-0.05, 0) is 93.5 Å². The third-order valence-electron chi connectivity index (χ3n) is 11.4. The van der Waals surface area contributed by atoms with E-state index in [1.54, 1.807) is 7.11 Å². The summed E-state index contributed by atoms with van der Waals surface area (Å²) >= 11 is 0. The molecule has 1 saturated heterocycles. The fourth-order valence-electron chi connectivity index (χ4n) is 8.66. The van der Waals surface area contributed by atoms with Crippen LogP contribution in [0.3, 0.4) is 0 Å². The summed E-state index contributed by atoms with van der Waals surface area (Å²) in [6.45, 7) is 6.43. The van der Waals surface area contributed by atoms with Crippen LogP contribution in [0.2, 0.25) is 0 Å². The number of carbonyl (C=O) groups excluding carboxylic acids is 2. The molecule has 2 N–H and O–H groups in total. The Morgan fingerprint density at radius 3 is 2.27 bits per heavy atom. The molecule has 9 heteroatoms. The SMILES string of the molecule is CC[C@@H]1C(=O)N(C)c2ccc(Nc3ccc(C(=O)NC4CCC(N5CCN(c6ccccc6)CC5)CC4)cc3OC)cc2N1C1CCCC1. The highest BCUT2D eigenvalue weighted by atomic mass is 16.5. The Hall–Kier alpha value is -4.24. The van der Waals surface area contributed by atoms with Crippen molar-refractivity contribution < 1.29 is 14.3 Å². The number of anilines is 5. The van der Waals surface area contributed by atoms with Crippen LogP contribution in [0.5, 0.6) is 5.75 Å². The van der Waals surface area contributed by atoms with Gasteiger partial charge in [-0.2, -0.15) is 0 Å². The second kappa shape index (κ2) is 14.7. The van der Waals surface area contributed by atoms with E-state index in [4.69, 9.17) is 4.74 Å². The zero-order valence-electron chi connectivity index (χ0n) is 29.4. The first-order valence-corrected chi connectivity index (χ1v) is 18.4. The Bertz CT molecular complexity index is 1610. The second-order valence-corrected chi connectivity index (χ2v) is 14.2. The van der Waals surface area contributed by atoms with Gasteiger partial charge < -0.3 is 30.1 Å². The summed E-state index contributed by atoms with van der Waals surface area (Å²) in [7, 11) is 3.53. The Morgan fingerprint density at radius 2 is 1.57 bits per heavy atom. The lowest BCUT2D eigenvalue weighted by molar-refractivity contribution is -0.120. The van der Waals surface area contributed by atoms with Gasteiger partial charge in [-0.15, -0.1) is 0 Å². The molecule has 3 fully saturated rings. The number of hydrogen-bond acceptors (Lipinski definition) is 7. The molecule has 2 saturated carbocycles.